The molecule has 2 bridgehead atoms. The van der Waals surface area contributed by atoms with Crippen molar-refractivity contribution in [2.24, 2.45) is 0 Å². The molecule has 4 rings (SSSR count). The molecule has 3 aliphatic rings. The van der Waals surface area contributed by atoms with Crippen molar-refractivity contribution in [3.05, 3.63) is 29.8 Å². The van der Waals surface area contributed by atoms with E-state index in [0.29, 0.717) is 30.7 Å². The molecule has 2 atom stereocenters. The first kappa shape index (κ1) is 17.9. The van der Waals surface area contributed by atoms with Crippen LogP contribution in [0.2, 0.25) is 0 Å². The lowest BCUT2D eigenvalue weighted by Gasteiger charge is -2.29. The fourth-order valence-corrected chi connectivity index (χ4v) is 6.06. The highest BCUT2D eigenvalue weighted by molar-refractivity contribution is 7.89. The summed E-state index contributed by atoms with van der Waals surface area (Å²) in [5.41, 5.74) is 0.425. The van der Waals surface area contributed by atoms with Gasteiger partial charge in [0.05, 0.1) is 4.90 Å². The Morgan fingerprint density at radius 3 is 2.46 bits per heavy atom. The van der Waals surface area contributed by atoms with Gasteiger partial charge in [-0.15, -0.1) is 0 Å². The van der Waals surface area contributed by atoms with Crippen molar-refractivity contribution < 1.29 is 13.2 Å². The van der Waals surface area contributed by atoms with Crippen LogP contribution in [-0.2, 0) is 10.0 Å². The van der Waals surface area contributed by atoms with Crippen LogP contribution in [0.3, 0.4) is 0 Å². The molecule has 0 radical (unpaired) electrons. The Balaban J connectivity index is 1.47. The van der Waals surface area contributed by atoms with Gasteiger partial charge in [0.15, 0.2) is 0 Å². The van der Waals surface area contributed by atoms with Crippen molar-refractivity contribution in [1.29, 1.82) is 0 Å². The average molecular weight is 378 g/mol. The van der Waals surface area contributed by atoms with Crippen LogP contribution in [0.15, 0.2) is 29.2 Å². The van der Waals surface area contributed by atoms with Gasteiger partial charge < -0.3 is 10.6 Å². The number of amides is 1. The molecule has 3 aliphatic heterocycles. The standard InChI is InChI=1S/C19H27N3O3S/c23-19(21-17-12-15-7-8-16(13-17)20-15)14-5-4-6-18(11-14)26(24,25)22-9-2-1-3-10-22/h4-6,11,15-17,20H,1-3,7-10,12-13H2,(H,21,23). The van der Waals surface area contributed by atoms with E-state index < -0.39 is 10.0 Å². The second-order valence-corrected chi connectivity index (χ2v) is 9.71. The summed E-state index contributed by atoms with van der Waals surface area (Å²) in [5.74, 6) is -0.174. The third-order valence-corrected chi connectivity index (χ3v) is 7.75. The normalized spacial score (nSPS) is 29.5. The monoisotopic (exact) mass is 377 g/mol. The number of benzene rings is 1. The first-order chi connectivity index (χ1) is 12.5. The fraction of sp³-hybridized carbons (Fsp3) is 0.632. The van der Waals surface area contributed by atoms with Crippen LogP contribution in [-0.4, -0.2) is 49.8 Å². The zero-order valence-corrected chi connectivity index (χ0v) is 15.8. The molecule has 0 saturated carbocycles. The summed E-state index contributed by atoms with van der Waals surface area (Å²) < 4.78 is 27.2. The second-order valence-electron chi connectivity index (χ2n) is 7.77. The number of carbonyl (C=O) groups is 1. The molecule has 1 aromatic rings. The Kier molecular flexibility index (Phi) is 5.03. The van der Waals surface area contributed by atoms with E-state index in [1.54, 1.807) is 18.2 Å². The fourth-order valence-electron chi connectivity index (χ4n) is 4.50. The van der Waals surface area contributed by atoms with Gasteiger partial charge in [0, 0.05) is 36.8 Å². The first-order valence-corrected chi connectivity index (χ1v) is 11.1. The predicted molar refractivity (Wildman–Crippen MR) is 99.5 cm³/mol. The average Bonchev–Trinajstić information content (AvgIpc) is 3.01. The molecule has 3 saturated heterocycles. The lowest BCUT2D eigenvalue weighted by atomic mass is 9.99. The lowest BCUT2D eigenvalue weighted by molar-refractivity contribution is 0.0923. The minimum absolute atomic E-state index is 0.170. The summed E-state index contributed by atoms with van der Waals surface area (Å²) in [7, 11) is -3.52. The molecule has 6 nitrogen and oxygen atoms in total. The van der Waals surface area contributed by atoms with E-state index in [0.717, 1.165) is 32.1 Å². The quantitative estimate of drug-likeness (QED) is 0.840. The smallest absolute Gasteiger partial charge is 0.251 e. The Hall–Kier alpha value is -1.44. The van der Waals surface area contributed by atoms with Crippen LogP contribution in [0.1, 0.15) is 55.3 Å². The Morgan fingerprint density at radius 1 is 1.08 bits per heavy atom. The SMILES string of the molecule is O=C(NC1CC2CCC(C1)N2)c1cccc(S(=O)(=O)N2CCCCC2)c1. The van der Waals surface area contributed by atoms with E-state index in [-0.39, 0.29) is 16.8 Å². The molecule has 0 aromatic heterocycles. The minimum atomic E-state index is -3.52. The van der Waals surface area contributed by atoms with Crippen LogP contribution < -0.4 is 10.6 Å². The number of hydrogen-bond acceptors (Lipinski definition) is 4. The maximum absolute atomic E-state index is 12.8. The van der Waals surface area contributed by atoms with Crippen LogP contribution in [0.25, 0.3) is 0 Å². The molecule has 3 heterocycles. The maximum Gasteiger partial charge on any atom is 0.251 e. The number of rotatable bonds is 4. The van der Waals surface area contributed by atoms with Gasteiger partial charge in [-0.1, -0.05) is 12.5 Å². The van der Waals surface area contributed by atoms with Crippen molar-refractivity contribution >= 4 is 15.9 Å². The van der Waals surface area contributed by atoms with Crippen LogP contribution in [0, 0.1) is 0 Å². The van der Waals surface area contributed by atoms with Crippen molar-refractivity contribution in [2.75, 3.05) is 13.1 Å². The van der Waals surface area contributed by atoms with Gasteiger partial charge >= 0.3 is 0 Å². The summed E-state index contributed by atoms with van der Waals surface area (Å²) in [6, 6.07) is 7.65. The molecule has 1 amide bonds. The van der Waals surface area contributed by atoms with Gasteiger partial charge in [-0.3, -0.25) is 4.79 Å². The van der Waals surface area contributed by atoms with E-state index in [1.807, 2.05) is 0 Å². The van der Waals surface area contributed by atoms with E-state index in [4.69, 9.17) is 0 Å². The maximum atomic E-state index is 12.8. The summed E-state index contributed by atoms with van der Waals surface area (Å²) in [4.78, 5) is 12.9. The summed E-state index contributed by atoms with van der Waals surface area (Å²) in [6.07, 6.45) is 7.14. The van der Waals surface area contributed by atoms with Gasteiger partial charge in [0.1, 0.15) is 0 Å². The Bertz CT molecular complexity index is 762. The molecule has 1 aromatic carbocycles. The molecule has 2 unspecified atom stereocenters. The van der Waals surface area contributed by atoms with E-state index in [9.17, 15) is 13.2 Å². The highest BCUT2D eigenvalue weighted by Gasteiger charge is 2.34. The third kappa shape index (κ3) is 3.66. The zero-order valence-electron chi connectivity index (χ0n) is 15.0. The van der Waals surface area contributed by atoms with Gasteiger partial charge in [-0.25, -0.2) is 8.42 Å². The molecule has 3 fully saturated rings. The molecule has 0 spiro atoms. The highest BCUT2D eigenvalue weighted by atomic mass is 32.2. The molecule has 2 N–H and O–H groups in total. The minimum Gasteiger partial charge on any atom is -0.349 e. The molecular weight excluding hydrogens is 350 g/mol. The molecule has 0 aliphatic carbocycles. The van der Waals surface area contributed by atoms with Crippen molar-refractivity contribution in [3.63, 3.8) is 0 Å². The number of nitrogens with one attached hydrogen (secondary N) is 2. The first-order valence-electron chi connectivity index (χ1n) is 9.69. The van der Waals surface area contributed by atoms with Crippen molar-refractivity contribution in [2.45, 2.75) is 68.0 Å². The van der Waals surface area contributed by atoms with E-state index in [2.05, 4.69) is 10.6 Å². The zero-order chi connectivity index (χ0) is 18.1. The lowest BCUT2D eigenvalue weighted by Crippen LogP contribution is -2.48. The van der Waals surface area contributed by atoms with Crippen LogP contribution in [0.5, 0.6) is 0 Å². The van der Waals surface area contributed by atoms with Gasteiger partial charge in [0.25, 0.3) is 5.91 Å². The number of hydrogen-bond donors (Lipinski definition) is 2. The van der Waals surface area contributed by atoms with E-state index >= 15 is 0 Å². The van der Waals surface area contributed by atoms with Gasteiger partial charge in [0.2, 0.25) is 10.0 Å². The van der Waals surface area contributed by atoms with Gasteiger partial charge in [-0.05, 0) is 56.7 Å². The Morgan fingerprint density at radius 2 is 1.77 bits per heavy atom. The second kappa shape index (κ2) is 7.29. The number of piperidine rings is 2. The molecule has 26 heavy (non-hydrogen) atoms. The predicted octanol–water partition coefficient (Wildman–Crippen LogP) is 1.87. The topological polar surface area (TPSA) is 78.5 Å². The number of nitrogens with zero attached hydrogens (tertiary/aromatic N) is 1. The summed E-state index contributed by atoms with van der Waals surface area (Å²) >= 11 is 0. The van der Waals surface area contributed by atoms with Crippen LogP contribution >= 0.6 is 0 Å². The molecular formula is C19H27N3O3S. The van der Waals surface area contributed by atoms with Crippen molar-refractivity contribution in [3.8, 4) is 0 Å². The number of fused-ring (bicyclic) bond motifs is 2. The number of carbonyl (C=O) groups excluding carboxylic acids is 1. The summed E-state index contributed by atoms with van der Waals surface area (Å²) in [5, 5.41) is 6.67. The van der Waals surface area contributed by atoms with E-state index in [1.165, 1.54) is 23.2 Å². The van der Waals surface area contributed by atoms with Gasteiger partial charge in [-0.2, -0.15) is 4.31 Å². The van der Waals surface area contributed by atoms with Crippen LogP contribution in [0.4, 0.5) is 0 Å². The van der Waals surface area contributed by atoms with Crippen molar-refractivity contribution in [1.82, 2.24) is 14.9 Å². The number of sulfonamides is 1. The highest BCUT2D eigenvalue weighted by Crippen LogP contribution is 2.27. The third-order valence-electron chi connectivity index (χ3n) is 5.86. The molecule has 7 heteroatoms. The Labute approximate surface area is 155 Å². The molecule has 142 valence electrons. The largest absolute Gasteiger partial charge is 0.349 e. The summed E-state index contributed by atoms with van der Waals surface area (Å²) in [6.45, 7) is 1.13.